The van der Waals surface area contributed by atoms with Gasteiger partial charge in [-0.1, -0.05) is 23.7 Å². The van der Waals surface area contributed by atoms with E-state index in [9.17, 15) is 5.11 Å². The van der Waals surface area contributed by atoms with Gasteiger partial charge in [-0.15, -0.1) is 11.8 Å². The standard InChI is InChI=1S/C15H12ClNOS/c16-13-5-7-14(8-6-13)19-10-15(18)12-3-1-11(9-17)2-4-12/h1-8,15,18H,10H2. The molecule has 1 N–H and O–H groups in total. The first-order valence-corrected chi connectivity index (χ1v) is 7.12. The van der Waals surface area contributed by atoms with Crippen molar-refractivity contribution < 1.29 is 5.11 Å². The van der Waals surface area contributed by atoms with E-state index in [1.54, 1.807) is 36.0 Å². The van der Waals surface area contributed by atoms with Crippen molar-refractivity contribution in [3.05, 3.63) is 64.7 Å². The number of halogens is 1. The molecule has 2 aromatic rings. The Kier molecular flexibility index (Phi) is 4.86. The summed E-state index contributed by atoms with van der Waals surface area (Å²) in [7, 11) is 0. The van der Waals surface area contributed by atoms with Crippen LogP contribution in [0.15, 0.2) is 53.4 Å². The van der Waals surface area contributed by atoms with Crippen LogP contribution in [0, 0.1) is 11.3 Å². The van der Waals surface area contributed by atoms with Crippen molar-refractivity contribution in [3.8, 4) is 6.07 Å². The summed E-state index contributed by atoms with van der Waals surface area (Å²) in [5, 5.41) is 19.5. The molecule has 2 aromatic carbocycles. The molecule has 0 amide bonds. The van der Waals surface area contributed by atoms with Crippen molar-refractivity contribution in [1.82, 2.24) is 0 Å². The fraction of sp³-hybridized carbons (Fsp3) is 0.133. The SMILES string of the molecule is N#Cc1ccc(C(O)CSc2ccc(Cl)cc2)cc1. The molecule has 19 heavy (non-hydrogen) atoms. The van der Waals surface area contributed by atoms with Gasteiger partial charge in [-0.25, -0.2) is 0 Å². The Morgan fingerprint density at radius 3 is 2.32 bits per heavy atom. The number of aliphatic hydroxyl groups is 1. The molecule has 4 heteroatoms. The summed E-state index contributed by atoms with van der Waals surface area (Å²) in [6, 6.07) is 16.6. The van der Waals surface area contributed by atoms with Crippen LogP contribution in [0.4, 0.5) is 0 Å². The van der Waals surface area contributed by atoms with Gasteiger partial charge in [0.25, 0.3) is 0 Å². The Hall–Kier alpha value is -1.47. The minimum absolute atomic E-state index is 0.548. The van der Waals surface area contributed by atoms with Gasteiger partial charge in [0.05, 0.1) is 17.7 Å². The van der Waals surface area contributed by atoms with Gasteiger partial charge in [-0.3, -0.25) is 0 Å². The number of aliphatic hydroxyl groups excluding tert-OH is 1. The maximum absolute atomic E-state index is 10.1. The average Bonchev–Trinajstić information content (AvgIpc) is 2.46. The molecule has 2 rings (SSSR count). The van der Waals surface area contributed by atoms with Crippen LogP contribution in [0.1, 0.15) is 17.2 Å². The second-order valence-electron chi connectivity index (χ2n) is 4.01. The molecule has 0 heterocycles. The van der Waals surface area contributed by atoms with Gasteiger partial charge >= 0.3 is 0 Å². The van der Waals surface area contributed by atoms with Crippen LogP contribution in [0.3, 0.4) is 0 Å². The first kappa shape index (κ1) is 14.0. The molecule has 0 spiro atoms. The maximum atomic E-state index is 10.1. The highest BCUT2D eigenvalue weighted by Crippen LogP contribution is 2.25. The third-order valence-corrected chi connectivity index (χ3v) is 3.99. The van der Waals surface area contributed by atoms with Crippen LogP contribution < -0.4 is 0 Å². The maximum Gasteiger partial charge on any atom is 0.0991 e. The zero-order valence-electron chi connectivity index (χ0n) is 10.1. The Labute approximate surface area is 121 Å². The number of hydrogen-bond donors (Lipinski definition) is 1. The highest BCUT2D eigenvalue weighted by Gasteiger charge is 2.08. The molecule has 1 atom stereocenters. The highest BCUT2D eigenvalue weighted by atomic mass is 35.5. The predicted molar refractivity (Wildman–Crippen MR) is 78.3 cm³/mol. The topological polar surface area (TPSA) is 44.0 Å². The van der Waals surface area contributed by atoms with Crippen LogP contribution in [-0.2, 0) is 0 Å². The summed E-state index contributed by atoms with van der Waals surface area (Å²) in [6.07, 6.45) is -0.548. The lowest BCUT2D eigenvalue weighted by molar-refractivity contribution is 0.204. The first-order chi connectivity index (χ1) is 9.19. The Bertz CT molecular complexity index is 575. The van der Waals surface area contributed by atoms with E-state index in [-0.39, 0.29) is 0 Å². The Morgan fingerprint density at radius 1 is 1.11 bits per heavy atom. The molecule has 1 unspecified atom stereocenters. The summed E-state index contributed by atoms with van der Waals surface area (Å²) >= 11 is 7.38. The quantitative estimate of drug-likeness (QED) is 0.864. The Morgan fingerprint density at radius 2 is 1.74 bits per heavy atom. The van der Waals surface area contributed by atoms with E-state index in [0.717, 1.165) is 10.5 Å². The van der Waals surface area contributed by atoms with Crippen molar-refractivity contribution in [1.29, 1.82) is 5.26 Å². The number of nitrogens with zero attached hydrogens (tertiary/aromatic N) is 1. The van der Waals surface area contributed by atoms with E-state index in [1.165, 1.54) is 0 Å². The van der Waals surface area contributed by atoms with Crippen molar-refractivity contribution in [2.45, 2.75) is 11.0 Å². The molecule has 2 nitrogen and oxygen atoms in total. The van der Waals surface area contributed by atoms with Gasteiger partial charge in [0, 0.05) is 15.7 Å². The smallest absolute Gasteiger partial charge is 0.0991 e. The van der Waals surface area contributed by atoms with Crippen LogP contribution in [0.5, 0.6) is 0 Å². The van der Waals surface area contributed by atoms with Gasteiger partial charge in [-0.05, 0) is 42.0 Å². The Balaban J connectivity index is 1.95. The van der Waals surface area contributed by atoms with Crippen LogP contribution in [-0.4, -0.2) is 10.9 Å². The molecule has 0 saturated heterocycles. The minimum Gasteiger partial charge on any atom is -0.388 e. The summed E-state index contributed by atoms with van der Waals surface area (Å²) in [4.78, 5) is 1.07. The third kappa shape index (κ3) is 4.00. The molecule has 0 saturated carbocycles. The van der Waals surface area contributed by atoms with E-state index in [0.29, 0.717) is 16.3 Å². The summed E-state index contributed by atoms with van der Waals surface area (Å²) in [5.41, 5.74) is 1.42. The highest BCUT2D eigenvalue weighted by molar-refractivity contribution is 7.99. The molecular formula is C15H12ClNOS. The zero-order chi connectivity index (χ0) is 13.7. The molecule has 0 aliphatic heterocycles. The predicted octanol–water partition coefficient (Wildman–Crippen LogP) is 4.04. The van der Waals surface area contributed by atoms with Crippen molar-refractivity contribution in [2.75, 3.05) is 5.75 Å². The van der Waals surface area contributed by atoms with Gasteiger partial charge in [0.2, 0.25) is 0 Å². The fourth-order valence-corrected chi connectivity index (χ4v) is 2.58. The van der Waals surface area contributed by atoms with Crippen molar-refractivity contribution >= 4 is 23.4 Å². The third-order valence-electron chi connectivity index (χ3n) is 2.65. The monoisotopic (exact) mass is 289 g/mol. The second-order valence-corrected chi connectivity index (χ2v) is 5.54. The fourth-order valence-electron chi connectivity index (χ4n) is 1.58. The molecule has 0 radical (unpaired) electrons. The molecule has 96 valence electrons. The molecule has 0 aliphatic carbocycles. The minimum atomic E-state index is -0.548. The van der Waals surface area contributed by atoms with E-state index >= 15 is 0 Å². The van der Waals surface area contributed by atoms with E-state index in [1.807, 2.05) is 24.3 Å². The van der Waals surface area contributed by atoms with Crippen molar-refractivity contribution in [3.63, 3.8) is 0 Å². The first-order valence-electron chi connectivity index (χ1n) is 5.75. The zero-order valence-corrected chi connectivity index (χ0v) is 11.7. The van der Waals surface area contributed by atoms with E-state index < -0.39 is 6.10 Å². The van der Waals surface area contributed by atoms with Gasteiger partial charge in [0.1, 0.15) is 0 Å². The summed E-state index contributed by atoms with van der Waals surface area (Å²) in [6.45, 7) is 0. The molecule has 0 aliphatic rings. The summed E-state index contributed by atoms with van der Waals surface area (Å²) in [5.74, 6) is 0.563. The average molecular weight is 290 g/mol. The number of nitriles is 1. The second kappa shape index (κ2) is 6.63. The number of benzene rings is 2. The number of hydrogen-bond acceptors (Lipinski definition) is 3. The van der Waals surface area contributed by atoms with Crippen LogP contribution in [0.25, 0.3) is 0 Å². The van der Waals surface area contributed by atoms with Crippen molar-refractivity contribution in [2.24, 2.45) is 0 Å². The van der Waals surface area contributed by atoms with E-state index in [2.05, 4.69) is 6.07 Å². The lowest BCUT2D eigenvalue weighted by atomic mass is 10.1. The van der Waals surface area contributed by atoms with Gasteiger partial charge < -0.3 is 5.11 Å². The lowest BCUT2D eigenvalue weighted by Crippen LogP contribution is -2.00. The molecule has 0 bridgehead atoms. The van der Waals surface area contributed by atoms with Crippen LogP contribution >= 0.6 is 23.4 Å². The summed E-state index contributed by atoms with van der Waals surface area (Å²) < 4.78 is 0. The molecular weight excluding hydrogens is 278 g/mol. The number of rotatable bonds is 4. The normalized spacial score (nSPS) is 11.8. The largest absolute Gasteiger partial charge is 0.388 e. The van der Waals surface area contributed by atoms with Crippen LogP contribution in [0.2, 0.25) is 5.02 Å². The lowest BCUT2D eigenvalue weighted by Gasteiger charge is -2.10. The van der Waals surface area contributed by atoms with Gasteiger partial charge in [0.15, 0.2) is 0 Å². The van der Waals surface area contributed by atoms with E-state index in [4.69, 9.17) is 16.9 Å². The molecule has 0 fully saturated rings. The van der Waals surface area contributed by atoms with Gasteiger partial charge in [-0.2, -0.15) is 5.26 Å². The molecule has 0 aromatic heterocycles. The number of thioether (sulfide) groups is 1.